The number of hydrogen-bond donors (Lipinski definition) is 2. The van der Waals surface area contributed by atoms with Gasteiger partial charge >= 0.3 is 0 Å². The van der Waals surface area contributed by atoms with Crippen LogP contribution >= 0.6 is 0 Å². The van der Waals surface area contributed by atoms with Gasteiger partial charge in [0, 0.05) is 22.7 Å². The number of carbonyl (C=O) groups is 1. The molecule has 3 heteroatoms. The summed E-state index contributed by atoms with van der Waals surface area (Å²) < 4.78 is 0. The van der Waals surface area contributed by atoms with E-state index in [0.29, 0.717) is 0 Å². The topological polar surface area (TPSA) is 44.9 Å². The molecule has 0 unspecified atom stereocenters. The summed E-state index contributed by atoms with van der Waals surface area (Å²) in [5.74, 6) is 0.126. The van der Waals surface area contributed by atoms with E-state index < -0.39 is 0 Å². The molecule has 78 valence electrons. The van der Waals surface area contributed by atoms with E-state index in [-0.39, 0.29) is 11.8 Å². The molecule has 0 saturated heterocycles. The Labute approximate surface area is 88.5 Å². The predicted octanol–water partition coefficient (Wildman–Crippen LogP) is 1.96. The van der Waals surface area contributed by atoms with Crippen LogP contribution in [0.1, 0.15) is 17.3 Å². The molecule has 2 N–H and O–H groups in total. The highest BCUT2D eigenvalue weighted by Crippen LogP contribution is 2.15. The average Bonchev–Trinajstić information content (AvgIpc) is 2.73. The Morgan fingerprint density at radius 2 is 2.20 bits per heavy atom. The Morgan fingerprint density at radius 1 is 1.40 bits per heavy atom. The minimum atomic E-state index is -0.138. The molecule has 3 nitrogen and oxygen atoms in total. The molecule has 2 rings (SSSR count). The number of Topliss-reactive ketones (excluding diaryl/α,β-unsaturated/α-hetero) is 1. The van der Waals surface area contributed by atoms with Gasteiger partial charge in [0.05, 0.1) is 6.04 Å². The van der Waals surface area contributed by atoms with E-state index >= 15 is 0 Å². The van der Waals surface area contributed by atoms with Crippen LogP contribution in [0, 0.1) is 0 Å². The lowest BCUT2D eigenvalue weighted by atomic mass is 10.0. The Balaban J connectivity index is 2.39. The summed E-state index contributed by atoms with van der Waals surface area (Å²) in [6.07, 6.45) is 1.88. The van der Waals surface area contributed by atoms with E-state index in [0.717, 1.165) is 16.5 Å². The van der Waals surface area contributed by atoms with Crippen LogP contribution in [0.4, 0.5) is 0 Å². The maximum Gasteiger partial charge on any atom is 0.179 e. The maximum absolute atomic E-state index is 11.9. The van der Waals surface area contributed by atoms with Crippen molar-refractivity contribution >= 4 is 16.7 Å². The molecule has 1 aromatic carbocycles. The fourth-order valence-electron chi connectivity index (χ4n) is 1.59. The predicted molar refractivity (Wildman–Crippen MR) is 61.2 cm³/mol. The summed E-state index contributed by atoms with van der Waals surface area (Å²) in [5, 5.41) is 4.02. The molecule has 1 heterocycles. The lowest BCUT2D eigenvalue weighted by molar-refractivity contribution is 0.0955. The van der Waals surface area contributed by atoms with Gasteiger partial charge < -0.3 is 10.3 Å². The number of carbonyl (C=O) groups excluding carboxylic acids is 1. The third-order valence-electron chi connectivity index (χ3n) is 2.66. The fraction of sp³-hybridized carbons (Fsp3) is 0.250. The first-order valence-electron chi connectivity index (χ1n) is 5.01. The monoisotopic (exact) mass is 202 g/mol. The molecule has 0 aliphatic heterocycles. The van der Waals surface area contributed by atoms with Crippen molar-refractivity contribution in [1.29, 1.82) is 0 Å². The van der Waals surface area contributed by atoms with Crippen molar-refractivity contribution in [3.8, 4) is 0 Å². The van der Waals surface area contributed by atoms with Crippen LogP contribution in [-0.4, -0.2) is 23.9 Å². The number of benzene rings is 1. The van der Waals surface area contributed by atoms with Gasteiger partial charge in [0.2, 0.25) is 0 Å². The van der Waals surface area contributed by atoms with Gasteiger partial charge in [-0.2, -0.15) is 0 Å². The number of nitrogens with one attached hydrogen (secondary N) is 2. The van der Waals surface area contributed by atoms with Gasteiger partial charge in [-0.3, -0.25) is 4.79 Å². The van der Waals surface area contributed by atoms with Crippen LogP contribution in [0.15, 0.2) is 30.5 Å². The summed E-state index contributed by atoms with van der Waals surface area (Å²) in [5.41, 5.74) is 1.81. The van der Waals surface area contributed by atoms with Crippen molar-refractivity contribution in [2.24, 2.45) is 0 Å². The fourth-order valence-corrected chi connectivity index (χ4v) is 1.59. The molecule has 1 atom stereocenters. The molecule has 0 aliphatic carbocycles. The Kier molecular flexibility index (Phi) is 2.56. The Bertz CT molecular complexity index is 487. The zero-order chi connectivity index (χ0) is 10.8. The largest absolute Gasteiger partial charge is 0.361 e. The average molecular weight is 202 g/mol. The van der Waals surface area contributed by atoms with Gasteiger partial charge in [-0.25, -0.2) is 0 Å². The number of H-pyrrole nitrogens is 1. The van der Waals surface area contributed by atoms with E-state index in [9.17, 15) is 4.79 Å². The first-order chi connectivity index (χ1) is 7.22. The first kappa shape index (κ1) is 9.93. The van der Waals surface area contributed by atoms with Gasteiger partial charge in [-0.15, -0.1) is 0 Å². The number of aromatic amines is 1. The molecule has 15 heavy (non-hydrogen) atoms. The van der Waals surface area contributed by atoms with Crippen molar-refractivity contribution in [3.05, 3.63) is 36.0 Å². The molecule has 0 aliphatic rings. The van der Waals surface area contributed by atoms with Crippen molar-refractivity contribution in [1.82, 2.24) is 10.3 Å². The molecule has 2 aromatic rings. The Hall–Kier alpha value is -1.61. The number of likely N-dealkylation sites (N-methyl/N-ethyl adjacent to an activating group) is 1. The number of ketones is 1. The van der Waals surface area contributed by atoms with Crippen LogP contribution in [-0.2, 0) is 0 Å². The van der Waals surface area contributed by atoms with Crippen LogP contribution < -0.4 is 5.32 Å². The number of fused-ring (bicyclic) bond motifs is 1. The Morgan fingerprint density at radius 3 is 2.93 bits per heavy atom. The van der Waals surface area contributed by atoms with E-state index in [1.807, 2.05) is 37.4 Å². The first-order valence-corrected chi connectivity index (χ1v) is 5.01. The molecule has 1 aromatic heterocycles. The molecular formula is C12H14N2O. The van der Waals surface area contributed by atoms with Crippen molar-refractivity contribution in [3.63, 3.8) is 0 Å². The van der Waals surface area contributed by atoms with E-state index in [1.54, 1.807) is 7.05 Å². The highest BCUT2D eigenvalue weighted by atomic mass is 16.1. The minimum absolute atomic E-state index is 0.126. The van der Waals surface area contributed by atoms with Crippen molar-refractivity contribution in [2.75, 3.05) is 7.05 Å². The lowest BCUT2D eigenvalue weighted by Gasteiger charge is -2.08. The number of aromatic nitrogens is 1. The quantitative estimate of drug-likeness (QED) is 0.747. The van der Waals surface area contributed by atoms with Crippen molar-refractivity contribution in [2.45, 2.75) is 13.0 Å². The SMILES string of the molecule is CN[C@@H](C)C(=O)c1ccc2[nH]ccc2c1. The molecule has 0 radical (unpaired) electrons. The smallest absolute Gasteiger partial charge is 0.179 e. The summed E-state index contributed by atoms with van der Waals surface area (Å²) in [6.45, 7) is 1.86. The lowest BCUT2D eigenvalue weighted by Crippen LogP contribution is -2.30. The molecule has 0 fully saturated rings. The molecule has 0 spiro atoms. The second-order valence-electron chi connectivity index (χ2n) is 3.65. The van der Waals surface area contributed by atoms with Crippen LogP contribution in [0.5, 0.6) is 0 Å². The van der Waals surface area contributed by atoms with Gasteiger partial charge in [0.25, 0.3) is 0 Å². The molecule has 0 bridgehead atoms. The number of hydrogen-bond acceptors (Lipinski definition) is 2. The summed E-state index contributed by atoms with van der Waals surface area (Å²) in [7, 11) is 1.79. The summed E-state index contributed by atoms with van der Waals surface area (Å²) in [4.78, 5) is 15.0. The molecule has 0 saturated carbocycles. The van der Waals surface area contributed by atoms with E-state index in [1.165, 1.54) is 0 Å². The van der Waals surface area contributed by atoms with Crippen LogP contribution in [0.25, 0.3) is 10.9 Å². The minimum Gasteiger partial charge on any atom is -0.361 e. The van der Waals surface area contributed by atoms with E-state index in [2.05, 4.69) is 10.3 Å². The van der Waals surface area contributed by atoms with E-state index in [4.69, 9.17) is 0 Å². The second kappa shape index (κ2) is 3.87. The van der Waals surface area contributed by atoms with Gasteiger partial charge in [0.15, 0.2) is 5.78 Å². The van der Waals surface area contributed by atoms with Gasteiger partial charge in [-0.05, 0) is 38.2 Å². The maximum atomic E-state index is 11.9. The summed E-state index contributed by atoms with van der Waals surface area (Å²) in [6, 6.07) is 7.54. The summed E-state index contributed by atoms with van der Waals surface area (Å²) >= 11 is 0. The zero-order valence-corrected chi connectivity index (χ0v) is 8.87. The number of rotatable bonds is 3. The second-order valence-corrected chi connectivity index (χ2v) is 3.65. The van der Waals surface area contributed by atoms with Gasteiger partial charge in [-0.1, -0.05) is 0 Å². The third kappa shape index (κ3) is 1.78. The van der Waals surface area contributed by atoms with Crippen LogP contribution in [0.2, 0.25) is 0 Å². The zero-order valence-electron chi connectivity index (χ0n) is 8.87. The highest BCUT2D eigenvalue weighted by molar-refractivity contribution is 6.02. The highest BCUT2D eigenvalue weighted by Gasteiger charge is 2.13. The van der Waals surface area contributed by atoms with Crippen LogP contribution in [0.3, 0.4) is 0 Å². The standard InChI is InChI=1S/C12H14N2O/c1-8(13-2)12(15)10-3-4-11-9(7-10)5-6-14-11/h3-8,13-14H,1-2H3/t8-/m0/s1. The van der Waals surface area contributed by atoms with Gasteiger partial charge in [0.1, 0.15) is 0 Å². The molecule has 0 amide bonds. The normalized spacial score (nSPS) is 12.9. The van der Waals surface area contributed by atoms with Crippen molar-refractivity contribution < 1.29 is 4.79 Å². The molecular weight excluding hydrogens is 188 g/mol. The third-order valence-corrected chi connectivity index (χ3v) is 2.66.